The second-order valence-corrected chi connectivity index (χ2v) is 6.58. The molecule has 108 valence electrons. The van der Waals surface area contributed by atoms with Crippen molar-refractivity contribution in [2.75, 3.05) is 11.9 Å². The Morgan fingerprint density at radius 1 is 1.35 bits per heavy atom. The second kappa shape index (κ2) is 6.37. The molecule has 0 amide bonds. The van der Waals surface area contributed by atoms with Crippen molar-refractivity contribution >= 4 is 17.0 Å². The molecule has 3 nitrogen and oxygen atoms in total. The third-order valence-electron chi connectivity index (χ3n) is 3.30. The van der Waals surface area contributed by atoms with Gasteiger partial charge in [0.05, 0.1) is 17.2 Å². The molecule has 0 aliphatic heterocycles. The summed E-state index contributed by atoms with van der Waals surface area (Å²) in [6, 6.07) is 6.80. The van der Waals surface area contributed by atoms with E-state index in [2.05, 4.69) is 47.4 Å². The van der Waals surface area contributed by atoms with Crippen LogP contribution in [-0.4, -0.2) is 18.1 Å². The molecule has 0 spiro atoms. The fraction of sp³-hybridized carbons (Fsp3) is 0.438. The predicted octanol–water partition coefficient (Wildman–Crippen LogP) is 3.29. The van der Waals surface area contributed by atoms with Crippen molar-refractivity contribution < 1.29 is 0 Å². The molecule has 1 atom stereocenters. The lowest BCUT2D eigenvalue weighted by Gasteiger charge is -2.21. The van der Waals surface area contributed by atoms with Crippen LogP contribution in [0.15, 0.2) is 23.6 Å². The molecule has 2 N–H and O–H groups in total. The van der Waals surface area contributed by atoms with Crippen LogP contribution >= 0.6 is 11.3 Å². The van der Waals surface area contributed by atoms with E-state index >= 15 is 0 Å². The van der Waals surface area contributed by atoms with Gasteiger partial charge in [0.15, 0.2) is 0 Å². The summed E-state index contributed by atoms with van der Waals surface area (Å²) in [6.45, 7) is 7.09. The normalized spacial score (nSPS) is 12.4. The Hall–Kier alpha value is -1.39. The summed E-state index contributed by atoms with van der Waals surface area (Å²) >= 11 is 1.70. The van der Waals surface area contributed by atoms with Crippen molar-refractivity contribution in [3.8, 4) is 0 Å². The zero-order valence-corrected chi connectivity index (χ0v) is 13.5. The zero-order valence-electron chi connectivity index (χ0n) is 12.7. The highest BCUT2D eigenvalue weighted by Crippen LogP contribution is 2.22. The number of nitrogens with two attached hydrogens (primary N) is 1. The Morgan fingerprint density at radius 2 is 2.10 bits per heavy atom. The molecule has 0 bridgehead atoms. The number of benzene rings is 1. The van der Waals surface area contributed by atoms with Crippen LogP contribution in [0.3, 0.4) is 0 Å². The van der Waals surface area contributed by atoms with Gasteiger partial charge >= 0.3 is 0 Å². The minimum absolute atomic E-state index is 0.205. The standard InChI is InChI=1S/C16H23N3S/c1-11-7-14(8-12(2)17)5-6-16(11)19(4)9-15-10-20-13(3)18-15/h5-7,10,12H,8-9,17H2,1-4H3. The lowest BCUT2D eigenvalue weighted by molar-refractivity contribution is 0.737. The van der Waals surface area contributed by atoms with Gasteiger partial charge in [0.1, 0.15) is 0 Å². The molecule has 1 unspecified atom stereocenters. The average molecular weight is 289 g/mol. The first kappa shape index (κ1) is 15.0. The van der Waals surface area contributed by atoms with E-state index in [4.69, 9.17) is 5.73 Å². The minimum Gasteiger partial charge on any atom is -0.368 e. The summed E-state index contributed by atoms with van der Waals surface area (Å²) in [5.41, 5.74) is 10.8. The van der Waals surface area contributed by atoms with E-state index < -0.39 is 0 Å². The van der Waals surface area contributed by atoms with E-state index in [1.807, 2.05) is 13.8 Å². The Labute approximate surface area is 125 Å². The Kier molecular flexibility index (Phi) is 4.78. The van der Waals surface area contributed by atoms with Gasteiger partial charge in [-0.05, 0) is 44.4 Å². The van der Waals surface area contributed by atoms with Crippen molar-refractivity contribution in [1.82, 2.24) is 4.98 Å². The van der Waals surface area contributed by atoms with Gasteiger partial charge in [-0.3, -0.25) is 0 Å². The summed E-state index contributed by atoms with van der Waals surface area (Å²) in [4.78, 5) is 6.77. The summed E-state index contributed by atoms with van der Waals surface area (Å²) in [5, 5.41) is 3.25. The van der Waals surface area contributed by atoms with Gasteiger partial charge in [-0.15, -0.1) is 11.3 Å². The summed E-state index contributed by atoms with van der Waals surface area (Å²) in [7, 11) is 2.11. The number of rotatable bonds is 5. The van der Waals surface area contributed by atoms with Crippen LogP contribution in [0.1, 0.15) is 28.8 Å². The summed E-state index contributed by atoms with van der Waals surface area (Å²) in [6.07, 6.45) is 0.927. The van der Waals surface area contributed by atoms with Crippen molar-refractivity contribution in [3.05, 3.63) is 45.4 Å². The molecule has 0 radical (unpaired) electrons. The lowest BCUT2D eigenvalue weighted by Crippen LogP contribution is -2.19. The van der Waals surface area contributed by atoms with Gasteiger partial charge in [0, 0.05) is 24.2 Å². The first-order valence-electron chi connectivity index (χ1n) is 6.93. The first-order valence-corrected chi connectivity index (χ1v) is 7.81. The smallest absolute Gasteiger partial charge is 0.0898 e. The van der Waals surface area contributed by atoms with Gasteiger partial charge in [-0.25, -0.2) is 4.98 Å². The number of hydrogen-bond acceptors (Lipinski definition) is 4. The highest BCUT2D eigenvalue weighted by molar-refractivity contribution is 7.09. The van der Waals surface area contributed by atoms with Crippen LogP contribution in [0.25, 0.3) is 0 Å². The number of thiazole rings is 1. The van der Waals surface area contributed by atoms with Gasteiger partial charge < -0.3 is 10.6 Å². The highest BCUT2D eigenvalue weighted by Gasteiger charge is 2.08. The van der Waals surface area contributed by atoms with Gasteiger partial charge in [0.25, 0.3) is 0 Å². The van der Waals surface area contributed by atoms with Gasteiger partial charge in [0.2, 0.25) is 0 Å². The first-order chi connectivity index (χ1) is 9.45. The third kappa shape index (κ3) is 3.81. The molecule has 0 aliphatic rings. The molecule has 1 aromatic carbocycles. The molecule has 2 aromatic rings. The topological polar surface area (TPSA) is 42.2 Å². The van der Waals surface area contributed by atoms with E-state index in [1.165, 1.54) is 16.8 Å². The summed E-state index contributed by atoms with van der Waals surface area (Å²) in [5.74, 6) is 0. The molecule has 0 fully saturated rings. The lowest BCUT2D eigenvalue weighted by atomic mass is 10.0. The highest BCUT2D eigenvalue weighted by atomic mass is 32.1. The van der Waals surface area contributed by atoms with Crippen LogP contribution in [0.2, 0.25) is 0 Å². The van der Waals surface area contributed by atoms with Crippen LogP contribution in [0.5, 0.6) is 0 Å². The average Bonchev–Trinajstić information content (AvgIpc) is 2.73. The van der Waals surface area contributed by atoms with Crippen molar-refractivity contribution in [2.45, 2.75) is 39.8 Å². The Morgan fingerprint density at radius 3 is 2.65 bits per heavy atom. The Balaban J connectivity index is 2.11. The minimum atomic E-state index is 0.205. The van der Waals surface area contributed by atoms with E-state index in [0.29, 0.717) is 0 Å². The molecule has 1 aromatic heterocycles. The molecule has 1 heterocycles. The van der Waals surface area contributed by atoms with E-state index in [9.17, 15) is 0 Å². The number of anilines is 1. The predicted molar refractivity (Wildman–Crippen MR) is 87.5 cm³/mol. The molecule has 0 aliphatic carbocycles. The number of nitrogens with zero attached hydrogens (tertiary/aromatic N) is 2. The molecular weight excluding hydrogens is 266 g/mol. The van der Waals surface area contributed by atoms with Gasteiger partial charge in [-0.1, -0.05) is 12.1 Å². The Bertz CT molecular complexity index is 575. The molecule has 0 saturated carbocycles. The van der Waals surface area contributed by atoms with Gasteiger partial charge in [-0.2, -0.15) is 0 Å². The molecule has 20 heavy (non-hydrogen) atoms. The fourth-order valence-corrected chi connectivity index (χ4v) is 3.06. The molecule has 0 saturated heterocycles. The molecular formula is C16H23N3S. The van der Waals surface area contributed by atoms with Crippen molar-refractivity contribution in [2.24, 2.45) is 5.73 Å². The van der Waals surface area contributed by atoms with Crippen LogP contribution < -0.4 is 10.6 Å². The summed E-state index contributed by atoms with van der Waals surface area (Å²) < 4.78 is 0. The third-order valence-corrected chi connectivity index (χ3v) is 4.12. The number of aryl methyl sites for hydroxylation is 2. The monoisotopic (exact) mass is 289 g/mol. The van der Waals surface area contributed by atoms with E-state index in [1.54, 1.807) is 11.3 Å². The van der Waals surface area contributed by atoms with Crippen LogP contribution in [0, 0.1) is 13.8 Å². The van der Waals surface area contributed by atoms with Crippen molar-refractivity contribution in [1.29, 1.82) is 0 Å². The molecule has 4 heteroatoms. The largest absolute Gasteiger partial charge is 0.368 e. The second-order valence-electron chi connectivity index (χ2n) is 5.52. The quantitative estimate of drug-likeness (QED) is 0.918. The van der Waals surface area contributed by atoms with E-state index in [-0.39, 0.29) is 6.04 Å². The zero-order chi connectivity index (χ0) is 14.7. The van der Waals surface area contributed by atoms with Crippen molar-refractivity contribution in [3.63, 3.8) is 0 Å². The number of aromatic nitrogens is 1. The van der Waals surface area contributed by atoms with Crippen LogP contribution in [-0.2, 0) is 13.0 Å². The maximum Gasteiger partial charge on any atom is 0.0898 e. The SMILES string of the molecule is Cc1nc(CN(C)c2ccc(CC(C)N)cc2C)cs1. The maximum atomic E-state index is 5.86. The molecule has 2 rings (SSSR count). The maximum absolute atomic E-state index is 5.86. The number of hydrogen-bond donors (Lipinski definition) is 1. The van der Waals surface area contributed by atoms with Crippen LogP contribution in [0.4, 0.5) is 5.69 Å². The van der Waals surface area contributed by atoms with E-state index in [0.717, 1.165) is 23.7 Å². The fourth-order valence-electron chi connectivity index (χ4n) is 2.45.